The molecule has 3 aromatic carbocycles. The second-order valence-corrected chi connectivity index (χ2v) is 5.81. The lowest BCUT2D eigenvalue weighted by Crippen LogP contribution is -2.22. The lowest BCUT2D eigenvalue weighted by molar-refractivity contribution is -0.116. The lowest BCUT2D eigenvalue weighted by atomic mass is 9.90. The zero-order valence-electron chi connectivity index (χ0n) is 14.8. The molecule has 0 saturated carbocycles. The molecule has 0 heterocycles. The average Bonchev–Trinajstić information content (AvgIpc) is 2.69. The second-order valence-electron chi connectivity index (χ2n) is 5.81. The third-order valence-electron chi connectivity index (χ3n) is 4.18. The van der Waals surface area contributed by atoms with Gasteiger partial charge in [0.1, 0.15) is 0 Å². The fourth-order valence-electron chi connectivity index (χ4n) is 2.91. The van der Waals surface area contributed by atoms with E-state index in [-0.39, 0.29) is 5.91 Å². The summed E-state index contributed by atoms with van der Waals surface area (Å²) in [5.41, 5.74) is 2.54. The summed E-state index contributed by atoms with van der Waals surface area (Å²) in [5.74, 6) is 0.689. The molecule has 1 N–H and O–H groups in total. The minimum atomic E-state index is -0.398. The molecule has 0 saturated heterocycles. The number of amides is 1. The van der Waals surface area contributed by atoms with Gasteiger partial charge in [-0.15, -0.1) is 0 Å². The van der Waals surface area contributed by atoms with E-state index in [2.05, 4.69) is 5.32 Å². The summed E-state index contributed by atoms with van der Waals surface area (Å²) in [4.78, 5) is 13.1. The molecule has 0 fully saturated rings. The molecule has 0 aliphatic carbocycles. The van der Waals surface area contributed by atoms with Crippen molar-refractivity contribution in [3.05, 3.63) is 90.0 Å². The summed E-state index contributed by atoms with van der Waals surface area (Å²) in [6, 6.07) is 24.8. The van der Waals surface area contributed by atoms with E-state index in [0.29, 0.717) is 17.2 Å². The normalized spacial score (nSPS) is 10.4. The van der Waals surface area contributed by atoms with Crippen LogP contribution in [0.5, 0.6) is 11.5 Å². The largest absolute Gasteiger partial charge is 0.493 e. The van der Waals surface area contributed by atoms with Crippen molar-refractivity contribution in [2.24, 2.45) is 0 Å². The van der Waals surface area contributed by atoms with Gasteiger partial charge >= 0.3 is 0 Å². The standard InChI is InChI=1S/C22H21NO3/c1-25-19-14-13-18(15-20(19)26-2)23-22(24)21(16-9-5-3-6-10-16)17-11-7-4-8-12-17/h3-15,21H,1-2H3,(H,23,24). The average molecular weight is 347 g/mol. The Labute approximate surface area is 153 Å². The molecule has 0 aliphatic rings. The van der Waals surface area contributed by atoms with Crippen LogP contribution in [0.25, 0.3) is 0 Å². The molecule has 0 atom stereocenters. The van der Waals surface area contributed by atoms with Crippen molar-refractivity contribution in [2.45, 2.75) is 5.92 Å². The number of methoxy groups -OCH3 is 2. The van der Waals surface area contributed by atoms with Crippen molar-refractivity contribution >= 4 is 11.6 Å². The van der Waals surface area contributed by atoms with E-state index < -0.39 is 5.92 Å². The molecule has 4 heteroatoms. The van der Waals surface area contributed by atoms with Crippen LogP contribution in [-0.4, -0.2) is 20.1 Å². The highest BCUT2D eigenvalue weighted by Gasteiger charge is 2.23. The number of carbonyl (C=O) groups is 1. The molecule has 3 aromatic rings. The SMILES string of the molecule is COc1ccc(NC(=O)C(c2ccccc2)c2ccccc2)cc1OC. The van der Waals surface area contributed by atoms with E-state index in [1.807, 2.05) is 60.7 Å². The van der Waals surface area contributed by atoms with Gasteiger partial charge in [0.15, 0.2) is 11.5 Å². The van der Waals surface area contributed by atoms with Crippen LogP contribution < -0.4 is 14.8 Å². The summed E-state index contributed by atoms with van der Waals surface area (Å²) >= 11 is 0. The van der Waals surface area contributed by atoms with E-state index >= 15 is 0 Å². The first kappa shape index (κ1) is 17.5. The molecule has 0 unspecified atom stereocenters. The fraction of sp³-hybridized carbons (Fsp3) is 0.136. The summed E-state index contributed by atoms with van der Waals surface area (Å²) in [6.07, 6.45) is 0. The maximum absolute atomic E-state index is 13.1. The second kappa shape index (κ2) is 8.21. The van der Waals surface area contributed by atoms with Crippen LogP contribution in [0.3, 0.4) is 0 Å². The maximum Gasteiger partial charge on any atom is 0.236 e. The van der Waals surface area contributed by atoms with Gasteiger partial charge in [0.05, 0.1) is 20.1 Å². The van der Waals surface area contributed by atoms with Crippen molar-refractivity contribution in [2.75, 3.05) is 19.5 Å². The Kier molecular flexibility index (Phi) is 5.54. The number of ether oxygens (including phenoxy) is 2. The zero-order chi connectivity index (χ0) is 18.4. The molecule has 3 rings (SSSR count). The van der Waals surface area contributed by atoms with Crippen molar-refractivity contribution in [3.63, 3.8) is 0 Å². The minimum Gasteiger partial charge on any atom is -0.493 e. The Bertz CT molecular complexity index is 824. The van der Waals surface area contributed by atoms with Gasteiger partial charge in [0.2, 0.25) is 5.91 Å². The number of anilines is 1. The third kappa shape index (κ3) is 3.86. The van der Waals surface area contributed by atoms with Crippen LogP contribution in [0.2, 0.25) is 0 Å². The Balaban J connectivity index is 1.92. The van der Waals surface area contributed by atoms with Gasteiger partial charge in [0, 0.05) is 11.8 Å². The first-order chi connectivity index (χ1) is 12.7. The summed E-state index contributed by atoms with van der Waals surface area (Å²) < 4.78 is 10.6. The molecule has 0 aromatic heterocycles. The number of hydrogen-bond donors (Lipinski definition) is 1. The van der Waals surface area contributed by atoms with Crippen LogP contribution >= 0.6 is 0 Å². The molecule has 4 nitrogen and oxygen atoms in total. The predicted octanol–water partition coefficient (Wildman–Crippen LogP) is 4.47. The molecular formula is C22H21NO3. The first-order valence-electron chi connectivity index (χ1n) is 8.35. The minimum absolute atomic E-state index is 0.102. The van der Waals surface area contributed by atoms with Crippen LogP contribution in [0.4, 0.5) is 5.69 Å². The monoisotopic (exact) mass is 347 g/mol. The fourth-order valence-corrected chi connectivity index (χ4v) is 2.91. The quantitative estimate of drug-likeness (QED) is 0.715. The van der Waals surface area contributed by atoms with E-state index in [1.165, 1.54) is 0 Å². The van der Waals surface area contributed by atoms with E-state index in [1.54, 1.807) is 32.4 Å². The maximum atomic E-state index is 13.1. The zero-order valence-corrected chi connectivity index (χ0v) is 14.8. The number of hydrogen-bond acceptors (Lipinski definition) is 3. The Hall–Kier alpha value is -3.27. The molecular weight excluding hydrogens is 326 g/mol. The Morgan fingerprint density at radius 2 is 1.31 bits per heavy atom. The van der Waals surface area contributed by atoms with Crippen molar-refractivity contribution in [1.82, 2.24) is 0 Å². The highest BCUT2D eigenvalue weighted by molar-refractivity contribution is 5.98. The lowest BCUT2D eigenvalue weighted by Gasteiger charge is -2.18. The summed E-state index contributed by atoms with van der Waals surface area (Å²) in [6.45, 7) is 0. The smallest absolute Gasteiger partial charge is 0.236 e. The van der Waals surface area contributed by atoms with E-state index in [0.717, 1.165) is 11.1 Å². The van der Waals surface area contributed by atoms with Crippen LogP contribution in [-0.2, 0) is 4.79 Å². The highest BCUT2D eigenvalue weighted by atomic mass is 16.5. The highest BCUT2D eigenvalue weighted by Crippen LogP contribution is 2.31. The Morgan fingerprint density at radius 3 is 1.81 bits per heavy atom. The van der Waals surface area contributed by atoms with Gasteiger partial charge in [-0.1, -0.05) is 60.7 Å². The van der Waals surface area contributed by atoms with Crippen LogP contribution in [0.1, 0.15) is 17.0 Å². The molecule has 0 aliphatic heterocycles. The van der Waals surface area contributed by atoms with E-state index in [4.69, 9.17) is 9.47 Å². The van der Waals surface area contributed by atoms with Crippen LogP contribution in [0.15, 0.2) is 78.9 Å². The van der Waals surface area contributed by atoms with Gasteiger partial charge in [-0.2, -0.15) is 0 Å². The van der Waals surface area contributed by atoms with E-state index in [9.17, 15) is 4.79 Å². The molecule has 0 radical (unpaired) electrons. The Morgan fingerprint density at radius 1 is 0.769 bits per heavy atom. The predicted molar refractivity (Wildman–Crippen MR) is 103 cm³/mol. The van der Waals surface area contributed by atoms with Gasteiger partial charge in [-0.05, 0) is 23.3 Å². The number of rotatable bonds is 6. The molecule has 0 spiro atoms. The van der Waals surface area contributed by atoms with Gasteiger partial charge in [0.25, 0.3) is 0 Å². The van der Waals surface area contributed by atoms with Crippen molar-refractivity contribution in [3.8, 4) is 11.5 Å². The van der Waals surface area contributed by atoms with Gasteiger partial charge < -0.3 is 14.8 Å². The van der Waals surface area contributed by atoms with Crippen LogP contribution in [0, 0.1) is 0 Å². The molecule has 0 bridgehead atoms. The van der Waals surface area contributed by atoms with Gasteiger partial charge in [-0.25, -0.2) is 0 Å². The molecule has 26 heavy (non-hydrogen) atoms. The first-order valence-corrected chi connectivity index (χ1v) is 8.35. The van der Waals surface area contributed by atoms with Crippen molar-refractivity contribution in [1.29, 1.82) is 0 Å². The third-order valence-corrected chi connectivity index (χ3v) is 4.18. The molecule has 132 valence electrons. The van der Waals surface area contributed by atoms with Gasteiger partial charge in [-0.3, -0.25) is 4.79 Å². The summed E-state index contributed by atoms with van der Waals surface area (Å²) in [5, 5.41) is 2.99. The topological polar surface area (TPSA) is 47.6 Å². The number of benzene rings is 3. The van der Waals surface area contributed by atoms with Crippen molar-refractivity contribution < 1.29 is 14.3 Å². The molecule has 1 amide bonds. The number of nitrogens with one attached hydrogen (secondary N) is 1. The number of carbonyl (C=O) groups excluding carboxylic acids is 1. The summed E-state index contributed by atoms with van der Waals surface area (Å²) in [7, 11) is 3.15.